The molecule has 58 valence electrons. The van der Waals surface area contributed by atoms with Gasteiger partial charge in [0.1, 0.15) is 6.67 Å². The molecule has 10 heavy (non-hydrogen) atoms. The molecule has 0 saturated heterocycles. The lowest BCUT2D eigenvalue weighted by atomic mass is 10.5. The van der Waals surface area contributed by atoms with Crippen molar-refractivity contribution in [2.75, 3.05) is 34.4 Å². The van der Waals surface area contributed by atoms with Crippen molar-refractivity contribution < 1.29 is 4.59 Å². The van der Waals surface area contributed by atoms with Gasteiger partial charge < -0.3 is 5.32 Å². The summed E-state index contributed by atoms with van der Waals surface area (Å²) < 4.78 is 0.886. The standard InChI is InChI=1S/C7H16N3/c1-10(2,3)9-6-4-5-8-7-9/h4-5,8H,6-7H2,1-3H3/q+1. The molecule has 1 aliphatic heterocycles. The minimum Gasteiger partial charge on any atom is -0.374 e. The molecule has 0 radical (unpaired) electrons. The van der Waals surface area contributed by atoms with Crippen LogP contribution in [0.2, 0.25) is 0 Å². The van der Waals surface area contributed by atoms with E-state index in [1.165, 1.54) is 0 Å². The second kappa shape index (κ2) is 2.60. The molecular formula is C7H16N3+. The van der Waals surface area contributed by atoms with E-state index in [1.54, 1.807) is 0 Å². The lowest BCUT2D eigenvalue weighted by molar-refractivity contribution is -0.986. The zero-order chi connectivity index (χ0) is 7.61. The summed E-state index contributed by atoms with van der Waals surface area (Å²) in [5.41, 5.74) is 0. The lowest BCUT2D eigenvalue weighted by Crippen LogP contribution is -2.55. The molecular weight excluding hydrogens is 126 g/mol. The van der Waals surface area contributed by atoms with Crippen LogP contribution in [0.4, 0.5) is 0 Å². The fourth-order valence-corrected chi connectivity index (χ4v) is 0.937. The molecule has 0 saturated carbocycles. The SMILES string of the molecule is C[N+](C)(C)N1CC=CNC1. The average Bonchev–Trinajstić information content (AvgIpc) is 1.88. The van der Waals surface area contributed by atoms with E-state index in [4.69, 9.17) is 0 Å². The fourth-order valence-electron chi connectivity index (χ4n) is 0.937. The van der Waals surface area contributed by atoms with Crippen molar-refractivity contribution in [3.63, 3.8) is 0 Å². The molecule has 1 aliphatic rings. The molecule has 0 bridgehead atoms. The molecule has 0 spiro atoms. The van der Waals surface area contributed by atoms with Crippen LogP contribution < -0.4 is 5.32 Å². The van der Waals surface area contributed by atoms with Gasteiger partial charge in [-0.1, -0.05) is 0 Å². The Balaban J connectivity index is 2.49. The van der Waals surface area contributed by atoms with E-state index >= 15 is 0 Å². The van der Waals surface area contributed by atoms with E-state index in [2.05, 4.69) is 37.5 Å². The normalized spacial score (nSPS) is 20.7. The molecule has 0 aliphatic carbocycles. The largest absolute Gasteiger partial charge is 0.374 e. The first-order valence-corrected chi connectivity index (χ1v) is 3.56. The highest BCUT2D eigenvalue weighted by atomic mass is 15.7. The number of quaternary nitrogens is 1. The quantitative estimate of drug-likeness (QED) is 0.518. The zero-order valence-corrected chi connectivity index (χ0v) is 6.96. The minimum atomic E-state index is 0.886. The monoisotopic (exact) mass is 142 g/mol. The van der Waals surface area contributed by atoms with E-state index in [0.29, 0.717) is 0 Å². The van der Waals surface area contributed by atoms with Gasteiger partial charge in [-0.3, -0.25) is 0 Å². The van der Waals surface area contributed by atoms with Crippen molar-refractivity contribution >= 4 is 0 Å². The highest BCUT2D eigenvalue weighted by Crippen LogP contribution is 2.01. The van der Waals surface area contributed by atoms with Gasteiger partial charge in [-0.25, -0.2) is 4.59 Å². The summed E-state index contributed by atoms with van der Waals surface area (Å²) in [6, 6.07) is 0. The summed E-state index contributed by atoms with van der Waals surface area (Å²) in [5, 5.41) is 5.49. The average molecular weight is 142 g/mol. The molecule has 0 atom stereocenters. The van der Waals surface area contributed by atoms with Gasteiger partial charge in [0.05, 0.1) is 27.7 Å². The van der Waals surface area contributed by atoms with Crippen LogP contribution in [0.25, 0.3) is 0 Å². The highest BCUT2D eigenvalue weighted by molar-refractivity contribution is 4.84. The van der Waals surface area contributed by atoms with E-state index < -0.39 is 0 Å². The van der Waals surface area contributed by atoms with Gasteiger partial charge in [-0.2, -0.15) is 0 Å². The Hall–Kier alpha value is -0.540. The Bertz CT molecular complexity index is 134. The molecule has 0 fully saturated rings. The van der Waals surface area contributed by atoms with E-state index in [1.807, 2.05) is 6.20 Å². The van der Waals surface area contributed by atoms with Crippen molar-refractivity contribution in [2.24, 2.45) is 0 Å². The summed E-state index contributed by atoms with van der Waals surface area (Å²) in [5.74, 6) is 0. The second-order valence-electron chi connectivity index (χ2n) is 3.40. The molecule has 3 nitrogen and oxygen atoms in total. The van der Waals surface area contributed by atoms with Crippen LogP contribution in [0.3, 0.4) is 0 Å². The van der Waals surface area contributed by atoms with Crippen LogP contribution in [0, 0.1) is 0 Å². The predicted molar refractivity (Wildman–Crippen MR) is 41.9 cm³/mol. The summed E-state index contributed by atoms with van der Waals surface area (Å²) in [6.07, 6.45) is 4.14. The molecule has 0 aromatic heterocycles. The van der Waals surface area contributed by atoms with Crippen molar-refractivity contribution in [1.82, 2.24) is 10.3 Å². The minimum absolute atomic E-state index is 0.886. The van der Waals surface area contributed by atoms with Gasteiger partial charge in [0.15, 0.2) is 0 Å². The summed E-state index contributed by atoms with van der Waals surface area (Å²) in [7, 11) is 6.50. The summed E-state index contributed by atoms with van der Waals surface area (Å²) in [6.45, 7) is 1.98. The number of nitrogens with one attached hydrogen (secondary N) is 1. The maximum absolute atomic E-state index is 3.17. The first-order valence-electron chi connectivity index (χ1n) is 3.56. The third-order valence-corrected chi connectivity index (χ3v) is 1.67. The fraction of sp³-hybridized carbons (Fsp3) is 0.714. The number of nitrogens with zero attached hydrogens (tertiary/aromatic N) is 2. The van der Waals surface area contributed by atoms with E-state index in [0.717, 1.165) is 17.8 Å². The Kier molecular flexibility index (Phi) is 1.97. The van der Waals surface area contributed by atoms with Crippen LogP contribution in [-0.4, -0.2) is 44.0 Å². The maximum Gasteiger partial charge on any atom is 0.116 e. The van der Waals surface area contributed by atoms with Crippen LogP contribution in [0.5, 0.6) is 0 Å². The van der Waals surface area contributed by atoms with Crippen LogP contribution >= 0.6 is 0 Å². The number of hydrogen-bond donors (Lipinski definition) is 1. The van der Waals surface area contributed by atoms with E-state index in [-0.39, 0.29) is 0 Å². The predicted octanol–water partition coefficient (Wildman–Crippen LogP) is -0.0160. The molecule has 0 aromatic rings. The van der Waals surface area contributed by atoms with Gasteiger partial charge in [-0.05, 0) is 12.3 Å². The molecule has 0 unspecified atom stereocenters. The Labute approximate surface area is 62.5 Å². The Morgan fingerprint density at radius 2 is 2.10 bits per heavy atom. The smallest absolute Gasteiger partial charge is 0.116 e. The Morgan fingerprint density at radius 1 is 1.40 bits per heavy atom. The van der Waals surface area contributed by atoms with Gasteiger partial charge in [0.2, 0.25) is 0 Å². The molecule has 1 rings (SSSR count). The highest BCUT2D eigenvalue weighted by Gasteiger charge is 2.19. The van der Waals surface area contributed by atoms with Crippen molar-refractivity contribution in [2.45, 2.75) is 0 Å². The molecule has 0 amide bonds. The number of hydrogen-bond acceptors (Lipinski definition) is 2. The second-order valence-corrected chi connectivity index (χ2v) is 3.40. The third kappa shape index (κ3) is 1.72. The first-order chi connectivity index (χ1) is 4.61. The lowest BCUT2D eigenvalue weighted by Gasteiger charge is -2.37. The van der Waals surface area contributed by atoms with Crippen molar-refractivity contribution in [1.29, 1.82) is 0 Å². The maximum atomic E-state index is 3.17. The van der Waals surface area contributed by atoms with E-state index in [9.17, 15) is 0 Å². The van der Waals surface area contributed by atoms with Crippen LogP contribution in [0.1, 0.15) is 0 Å². The van der Waals surface area contributed by atoms with Crippen LogP contribution in [0.15, 0.2) is 12.3 Å². The molecule has 3 heteroatoms. The molecule has 1 N–H and O–H groups in total. The first kappa shape index (κ1) is 7.57. The van der Waals surface area contributed by atoms with Crippen LogP contribution in [-0.2, 0) is 0 Å². The van der Waals surface area contributed by atoms with Crippen molar-refractivity contribution in [3.05, 3.63) is 12.3 Å². The van der Waals surface area contributed by atoms with Gasteiger partial charge in [0.25, 0.3) is 0 Å². The zero-order valence-electron chi connectivity index (χ0n) is 6.96. The van der Waals surface area contributed by atoms with Gasteiger partial charge in [0, 0.05) is 0 Å². The molecule has 1 heterocycles. The van der Waals surface area contributed by atoms with Gasteiger partial charge in [-0.15, -0.1) is 5.01 Å². The summed E-state index contributed by atoms with van der Waals surface area (Å²) >= 11 is 0. The molecule has 0 aromatic carbocycles. The van der Waals surface area contributed by atoms with Gasteiger partial charge >= 0.3 is 0 Å². The summed E-state index contributed by atoms with van der Waals surface area (Å²) in [4.78, 5) is 0. The topological polar surface area (TPSA) is 15.3 Å². The Morgan fingerprint density at radius 3 is 2.40 bits per heavy atom. The van der Waals surface area contributed by atoms with Crippen molar-refractivity contribution in [3.8, 4) is 0 Å². The third-order valence-electron chi connectivity index (χ3n) is 1.67. The number of rotatable bonds is 1.